The molecule has 1 N–H and O–H groups in total. The minimum Gasteiger partial charge on any atom is -0.323 e. The Morgan fingerprint density at radius 2 is 1.92 bits per heavy atom. The number of rotatable bonds is 4. The Hall–Kier alpha value is -1.75. The molecule has 122 valence electrons. The van der Waals surface area contributed by atoms with E-state index in [9.17, 15) is 4.79 Å². The normalized spacial score (nSPS) is 10.8. The Kier molecular flexibility index (Phi) is 5.29. The molecule has 1 amide bonds. The summed E-state index contributed by atoms with van der Waals surface area (Å²) in [4.78, 5) is 16.7. The number of carbonyl (C=O) groups excluding carboxylic acids is 1. The lowest BCUT2D eigenvalue weighted by atomic mass is 10.2. The summed E-state index contributed by atoms with van der Waals surface area (Å²) in [7, 11) is 0. The Morgan fingerprint density at radius 3 is 2.75 bits per heavy atom. The molecular formula is C18H14Cl2N2OS. The van der Waals surface area contributed by atoms with Gasteiger partial charge in [0.2, 0.25) is 5.91 Å². The number of fused-ring (bicyclic) bond motifs is 1. The van der Waals surface area contributed by atoms with Crippen LogP contribution in [0.25, 0.3) is 10.9 Å². The van der Waals surface area contributed by atoms with Crippen molar-refractivity contribution in [3.05, 3.63) is 64.1 Å². The minimum absolute atomic E-state index is 0.177. The number of nitrogens with zero attached hydrogens (tertiary/aromatic N) is 1. The second-order valence-electron chi connectivity index (χ2n) is 5.23. The molecule has 0 spiro atoms. The lowest BCUT2D eigenvalue weighted by molar-refractivity contribution is -0.113. The van der Waals surface area contributed by atoms with Crippen LogP contribution in [0.4, 0.5) is 5.69 Å². The van der Waals surface area contributed by atoms with Gasteiger partial charge in [0.15, 0.2) is 0 Å². The number of aromatic nitrogens is 1. The fourth-order valence-corrected chi connectivity index (χ4v) is 3.36. The van der Waals surface area contributed by atoms with Crippen LogP contribution in [0.1, 0.15) is 5.56 Å². The summed E-state index contributed by atoms with van der Waals surface area (Å²) in [6.45, 7) is 1.86. The van der Waals surface area contributed by atoms with Gasteiger partial charge in [-0.2, -0.15) is 0 Å². The molecule has 2 aromatic carbocycles. The van der Waals surface area contributed by atoms with Crippen LogP contribution in [0.15, 0.2) is 53.6 Å². The van der Waals surface area contributed by atoms with Crippen molar-refractivity contribution >= 4 is 57.5 Å². The van der Waals surface area contributed by atoms with Gasteiger partial charge in [-0.15, -0.1) is 0 Å². The second kappa shape index (κ2) is 7.43. The summed E-state index contributed by atoms with van der Waals surface area (Å²) in [5.41, 5.74) is 2.23. The smallest absolute Gasteiger partial charge is 0.234 e. The number of para-hydroxylation sites is 1. The summed E-state index contributed by atoms with van der Waals surface area (Å²) in [6.07, 6.45) is 0. The maximum absolute atomic E-state index is 12.2. The molecule has 3 rings (SSSR count). The number of thioether (sulfide) groups is 1. The van der Waals surface area contributed by atoms with Crippen LogP contribution >= 0.6 is 35.0 Å². The number of amides is 1. The number of nitrogens with one attached hydrogen (secondary N) is 1. The number of benzene rings is 2. The van der Waals surface area contributed by atoms with Gasteiger partial charge in [-0.1, -0.05) is 65.3 Å². The predicted molar refractivity (Wildman–Crippen MR) is 102 cm³/mol. The van der Waals surface area contributed by atoms with Crippen molar-refractivity contribution in [1.29, 1.82) is 0 Å². The van der Waals surface area contributed by atoms with Crippen molar-refractivity contribution in [3.8, 4) is 0 Å². The van der Waals surface area contributed by atoms with E-state index >= 15 is 0 Å². The molecule has 6 heteroatoms. The van der Waals surface area contributed by atoms with Gasteiger partial charge in [0.1, 0.15) is 0 Å². The first-order chi connectivity index (χ1) is 11.5. The van der Waals surface area contributed by atoms with Crippen molar-refractivity contribution < 1.29 is 4.79 Å². The number of hydrogen-bond acceptors (Lipinski definition) is 3. The fraction of sp³-hybridized carbons (Fsp3) is 0.111. The molecule has 0 aliphatic rings. The van der Waals surface area contributed by atoms with E-state index in [2.05, 4.69) is 10.3 Å². The molecule has 0 aliphatic heterocycles. The van der Waals surface area contributed by atoms with Crippen LogP contribution in [0.5, 0.6) is 0 Å². The van der Waals surface area contributed by atoms with E-state index < -0.39 is 0 Å². The van der Waals surface area contributed by atoms with E-state index in [-0.39, 0.29) is 11.7 Å². The maximum atomic E-state index is 12.2. The van der Waals surface area contributed by atoms with Gasteiger partial charge in [-0.3, -0.25) is 4.79 Å². The molecule has 0 atom stereocenters. The third-order valence-electron chi connectivity index (χ3n) is 3.47. The topological polar surface area (TPSA) is 42.0 Å². The third-order valence-corrected chi connectivity index (χ3v) is 5.20. The molecule has 0 fully saturated rings. The predicted octanol–water partition coefficient (Wildman–Crippen LogP) is 5.58. The molecule has 3 nitrogen and oxygen atoms in total. The van der Waals surface area contributed by atoms with Gasteiger partial charge in [0, 0.05) is 5.39 Å². The molecule has 0 radical (unpaired) electrons. The van der Waals surface area contributed by atoms with E-state index in [0.29, 0.717) is 15.7 Å². The molecule has 24 heavy (non-hydrogen) atoms. The van der Waals surface area contributed by atoms with Crippen LogP contribution in [-0.4, -0.2) is 16.6 Å². The first-order valence-electron chi connectivity index (χ1n) is 7.27. The highest BCUT2D eigenvalue weighted by atomic mass is 35.5. The molecule has 0 saturated heterocycles. The number of aryl methyl sites for hydroxylation is 1. The summed E-state index contributed by atoms with van der Waals surface area (Å²) < 4.78 is 0. The van der Waals surface area contributed by atoms with Crippen molar-refractivity contribution in [2.45, 2.75) is 11.9 Å². The molecule has 0 bridgehead atoms. The van der Waals surface area contributed by atoms with Crippen LogP contribution in [0.2, 0.25) is 10.0 Å². The third kappa shape index (κ3) is 3.83. The van der Waals surface area contributed by atoms with Gasteiger partial charge in [-0.25, -0.2) is 4.98 Å². The zero-order valence-corrected chi connectivity index (χ0v) is 15.2. The van der Waals surface area contributed by atoms with Crippen molar-refractivity contribution in [2.75, 3.05) is 11.1 Å². The van der Waals surface area contributed by atoms with E-state index in [1.165, 1.54) is 11.8 Å². The number of hydrogen-bond donors (Lipinski definition) is 1. The van der Waals surface area contributed by atoms with Crippen LogP contribution < -0.4 is 5.32 Å². The molecule has 1 aromatic heterocycles. The highest BCUT2D eigenvalue weighted by Crippen LogP contribution is 2.33. The summed E-state index contributed by atoms with van der Waals surface area (Å²) in [5.74, 6) is 0.0516. The van der Waals surface area contributed by atoms with E-state index in [1.54, 1.807) is 6.07 Å². The molecule has 0 aliphatic carbocycles. The first kappa shape index (κ1) is 17.1. The van der Waals surface area contributed by atoms with E-state index in [4.69, 9.17) is 23.2 Å². The van der Waals surface area contributed by atoms with E-state index in [1.807, 2.05) is 49.4 Å². The zero-order valence-electron chi connectivity index (χ0n) is 12.8. The number of pyridine rings is 1. The first-order valence-corrected chi connectivity index (χ1v) is 9.02. The summed E-state index contributed by atoms with van der Waals surface area (Å²) in [6, 6.07) is 15.3. The average molecular weight is 377 g/mol. The second-order valence-corrected chi connectivity index (χ2v) is 7.01. The molecule has 0 unspecified atom stereocenters. The van der Waals surface area contributed by atoms with E-state index in [0.717, 1.165) is 21.5 Å². The monoisotopic (exact) mass is 376 g/mol. The Morgan fingerprint density at radius 1 is 1.12 bits per heavy atom. The van der Waals surface area contributed by atoms with Crippen molar-refractivity contribution in [2.24, 2.45) is 0 Å². The SMILES string of the molecule is Cc1ccc(Cl)c(NC(=O)CSc2ccc3ccccc3n2)c1Cl. The highest BCUT2D eigenvalue weighted by Gasteiger charge is 2.12. The average Bonchev–Trinajstić information content (AvgIpc) is 2.60. The molecule has 1 heterocycles. The highest BCUT2D eigenvalue weighted by molar-refractivity contribution is 7.99. The van der Waals surface area contributed by atoms with Gasteiger partial charge < -0.3 is 5.32 Å². The fourth-order valence-electron chi connectivity index (χ4n) is 2.21. The zero-order chi connectivity index (χ0) is 17.1. The van der Waals surface area contributed by atoms with Crippen LogP contribution in [0.3, 0.4) is 0 Å². The van der Waals surface area contributed by atoms with Gasteiger partial charge in [-0.05, 0) is 30.7 Å². The summed E-state index contributed by atoms with van der Waals surface area (Å²) >= 11 is 13.7. The van der Waals surface area contributed by atoms with Crippen molar-refractivity contribution in [1.82, 2.24) is 4.98 Å². The Labute approximate surface area is 154 Å². The van der Waals surface area contributed by atoms with Gasteiger partial charge in [0.05, 0.1) is 32.0 Å². The largest absolute Gasteiger partial charge is 0.323 e. The Bertz CT molecular complexity index is 915. The Balaban J connectivity index is 1.68. The number of anilines is 1. The maximum Gasteiger partial charge on any atom is 0.234 e. The minimum atomic E-state index is -0.177. The lowest BCUT2D eigenvalue weighted by Gasteiger charge is -2.11. The molecule has 3 aromatic rings. The quantitative estimate of drug-likeness (QED) is 0.604. The molecule has 0 saturated carbocycles. The standard InChI is InChI=1S/C18H14Cl2N2OS/c1-11-6-8-13(19)18(17(11)20)22-15(23)10-24-16-9-7-12-4-2-3-5-14(12)21-16/h2-9H,10H2,1H3,(H,22,23). The van der Waals surface area contributed by atoms with Gasteiger partial charge in [0.25, 0.3) is 0 Å². The number of carbonyl (C=O) groups is 1. The van der Waals surface area contributed by atoms with Crippen LogP contribution in [0, 0.1) is 6.92 Å². The van der Waals surface area contributed by atoms with Crippen LogP contribution in [-0.2, 0) is 4.79 Å². The molecular weight excluding hydrogens is 363 g/mol. The van der Waals surface area contributed by atoms with Gasteiger partial charge >= 0.3 is 0 Å². The van der Waals surface area contributed by atoms with Crippen molar-refractivity contribution in [3.63, 3.8) is 0 Å². The summed E-state index contributed by atoms with van der Waals surface area (Å²) in [5, 5.41) is 5.53. The number of halogens is 2. The lowest BCUT2D eigenvalue weighted by Crippen LogP contribution is -2.15.